The van der Waals surface area contributed by atoms with E-state index in [-0.39, 0.29) is 29.5 Å². The Kier molecular flexibility index (Phi) is 5.22. The molecule has 0 aromatic heterocycles. The maximum absolute atomic E-state index is 12.6. The van der Waals surface area contributed by atoms with Crippen LogP contribution in [0.15, 0.2) is 12.1 Å². The van der Waals surface area contributed by atoms with Gasteiger partial charge in [-0.15, -0.1) is 0 Å². The van der Waals surface area contributed by atoms with E-state index in [4.69, 9.17) is 18.9 Å². The van der Waals surface area contributed by atoms with E-state index in [0.29, 0.717) is 30.5 Å². The average Bonchev–Trinajstić information content (AvgIpc) is 2.75. The highest BCUT2D eigenvalue weighted by molar-refractivity contribution is 5.93. The quantitative estimate of drug-likeness (QED) is 0.699. The molecule has 1 N–H and O–H groups in total. The Morgan fingerprint density at radius 3 is 2.39 bits per heavy atom. The normalized spacial score (nSPS) is 31.1. The zero-order valence-electron chi connectivity index (χ0n) is 18.3. The molecule has 4 bridgehead atoms. The molecule has 1 amide bonds. The topological polar surface area (TPSA) is 83.1 Å². The number of esters is 1. The molecule has 7 heteroatoms. The largest absolute Gasteiger partial charge is 0.493 e. The van der Waals surface area contributed by atoms with E-state index in [1.165, 1.54) is 45.6 Å². The van der Waals surface area contributed by atoms with E-state index in [1.807, 2.05) is 0 Å². The summed E-state index contributed by atoms with van der Waals surface area (Å²) in [7, 11) is 1.50. The first kappa shape index (κ1) is 20.5. The minimum atomic E-state index is -0.590. The maximum Gasteiger partial charge on any atom is 0.338 e. The first-order valence-electron chi connectivity index (χ1n) is 11.4. The molecule has 0 radical (unpaired) electrons. The molecule has 4 saturated carbocycles. The Bertz CT molecular complexity index is 829. The fraction of sp³-hybridized carbons (Fsp3) is 0.667. The van der Waals surface area contributed by atoms with Crippen molar-refractivity contribution in [1.29, 1.82) is 0 Å². The molecule has 1 heterocycles. The molecule has 5 aliphatic rings. The van der Waals surface area contributed by atoms with Crippen LogP contribution in [0.5, 0.6) is 17.2 Å². The summed E-state index contributed by atoms with van der Waals surface area (Å²) < 4.78 is 21.7. The van der Waals surface area contributed by atoms with Crippen molar-refractivity contribution >= 4 is 11.9 Å². The van der Waals surface area contributed by atoms with E-state index >= 15 is 0 Å². The number of methoxy groups -OCH3 is 1. The Morgan fingerprint density at radius 2 is 1.74 bits per heavy atom. The molecule has 0 spiro atoms. The lowest BCUT2D eigenvalue weighted by Crippen LogP contribution is -2.56. The number of nitrogens with one attached hydrogen (secondary N) is 1. The van der Waals surface area contributed by atoms with Crippen molar-refractivity contribution in [3.63, 3.8) is 0 Å². The Hall–Kier alpha value is -2.44. The molecule has 1 aromatic carbocycles. The molecule has 1 atom stereocenters. The van der Waals surface area contributed by atoms with Crippen molar-refractivity contribution in [2.24, 2.45) is 23.2 Å². The second kappa shape index (κ2) is 7.92. The minimum Gasteiger partial charge on any atom is -0.493 e. The van der Waals surface area contributed by atoms with Gasteiger partial charge in [-0.1, -0.05) is 0 Å². The van der Waals surface area contributed by atoms with Gasteiger partial charge in [0.1, 0.15) is 13.2 Å². The highest BCUT2D eigenvalue weighted by Crippen LogP contribution is 2.61. The van der Waals surface area contributed by atoms with Crippen LogP contribution in [0.2, 0.25) is 0 Å². The highest BCUT2D eigenvalue weighted by Gasteiger charge is 2.53. The Labute approximate surface area is 182 Å². The monoisotopic (exact) mass is 429 g/mol. The van der Waals surface area contributed by atoms with Gasteiger partial charge >= 0.3 is 5.97 Å². The second-order valence-electron chi connectivity index (χ2n) is 9.85. The van der Waals surface area contributed by atoms with E-state index in [1.54, 1.807) is 12.1 Å². The molecule has 168 valence electrons. The fourth-order valence-electron chi connectivity index (χ4n) is 6.75. The molecule has 4 aliphatic carbocycles. The van der Waals surface area contributed by atoms with Gasteiger partial charge in [-0.3, -0.25) is 4.79 Å². The lowest BCUT2D eigenvalue weighted by molar-refractivity contribution is -0.128. The summed E-state index contributed by atoms with van der Waals surface area (Å²) in [6.07, 6.45) is 7.77. The van der Waals surface area contributed by atoms with Crippen LogP contribution in [0.3, 0.4) is 0 Å². The predicted molar refractivity (Wildman–Crippen MR) is 112 cm³/mol. The number of hydrogen-bond donors (Lipinski definition) is 1. The van der Waals surface area contributed by atoms with Crippen LogP contribution < -0.4 is 19.5 Å². The van der Waals surface area contributed by atoms with E-state index in [2.05, 4.69) is 12.2 Å². The van der Waals surface area contributed by atoms with E-state index in [9.17, 15) is 9.59 Å². The summed E-state index contributed by atoms with van der Waals surface area (Å²) in [6, 6.07) is 3.21. The van der Waals surface area contributed by atoms with E-state index in [0.717, 1.165) is 17.8 Å². The number of amides is 1. The van der Waals surface area contributed by atoms with Crippen molar-refractivity contribution in [2.45, 2.75) is 51.5 Å². The number of rotatable bonds is 6. The van der Waals surface area contributed by atoms with Gasteiger partial charge in [0.25, 0.3) is 5.91 Å². The van der Waals surface area contributed by atoms with Crippen LogP contribution in [0.4, 0.5) is 0 Å². The molecule has 1 aromatic rings. The van der Waals surface area contributed by atoms with Gasteiger partial charge in [0.15, 0.2) is 18.1 Å². The van der Waals surface area contributed by atoms with Crippen LogP contribution >= 0.6 is 0 Å². The van der Waals surface area contributed by atoms with Gasteiger partial charge in [0, 0.05) is 6.04 Å². The van der Waals surface area contributed by atoms with Gasteiger partial charge in [-0.05, 0) is 80.8 Å². The highest BCUT2D eigenvalue weighted by atomic mass is 16.6. The molecule has 31 heavy (non-hydrogen) atoms. The Morgan fingerprint density at radius 1 is 1.10 bits per heavy atom. The summed E-state index contributed by atoms with van der Waals surface area (Å²) in [5.74, 6) is 2.97. The van der Waals surface area contributed by atoms with Crippen LogP contribution in [0.1, 0.15) is 55.8 Å². The van der Waals surface area contributed by atoms with Crippen LogP contribution in [-0.2, 0) is 9.53 Å². The summed E-state index contributed by atoms with van der Waals surface area (Å²) in [5, 5.41) is 3.13. The van der Waals surface area contributed by atoms with Gasteiger partial charge < -0.3 is 24.3 Å². The minimum absolute atomic E-state index is 0.0986. The summed E-state index contributed by atoms with van der Waals surface area (Å²) >= 11 is 0. The van der Waals surface area contributed by atoms with Crippen molar-refractivity contribution in [2.75, 3.05) is 26.9 Å². The van der Waals surface area contributed by atoms with Gasteiger partial charge in [-0.25, -0.2) is 4.79 Å². The number of ether oxygens (including phenoxy) is 4. The molecule has 4 fully saturated rings. The molecule has 0 unspecified atom stereocenters. The lowest BCUT2D eigenvalue weighted by atomic mass is 9.48. The summed E-state index contributed by atoms with van der Waals surface area (Å²) in [5.41, 5.74) is 0.487. The summed E-state index contributed by atoms with van der Waals surface area (Å²) in [4.78, 5) is 25.1. The van der Waals surface area contributed by atoms with Gasteiger partial charge in [-0.2, -0.15) is 0 Å². The maximum atomic E-state index is 12.6. The van der Waals surface area contributed by atoms with Gasteiger partial charge in [0.05, 0.1) is 12.7 Å². The smallest absolute Gasteiger partial charge is 0.338 e. The number of hydrogen-bond acceptors (Lipinski definition) is 6. The molecule has 1 aliphatic heterocycles. The molecule has 7 nitrogen and oxygen atoms in total. The lowest BCUT2D eigenvalue weighted by Gasteiger charge is -2.59. The average molecular weight is 430 g/mol. The number of carbonyl (C=O) groups excluding carboxylic acids is 2. The third-order valence-corrected chi connectivity index (χ3v) is 7.78. The number of carbonyl (C=O) groups is 2. The van der Waals surface area contributed by atoms with Gasteiger partial charge in [0.2, 0.25) is 5.75 Å². The Balaban J connectivity index is 1.19. The van der Waals surface area contributed by atoms with Crippen molar-refractivity contribution in [3.8, 4) is 17.2 Å². The van der Waals surface area contributed by atoms with Crippen LogP contribution in [-0.4, -0.2) is 44.8 Å². The van der Waals surface area contributed by atoms with Crippen molar-refractivity contribution < 1.29 is 28.5 Å². The number of benzene rings is 1. The molecule has 6 rings (SSSR count). The fourth-order valence-corrected chi connectivity index (χ4v) is 6.75. The van der Waals surface area contributed by atoms with Crippen LogP contribution in [0.25, 0.3) is 0 Å². The predicted octanol–water partition coefficient (Wildman–Crippen LogP) is 3.34. The summed E-state index contributed by atoms with van der Waals surface area (Å²) in [6.45, 7) is 2.65. The van der Waals surface area contributed by atoms with Crippen LogP contribution in [0, 0.1) is 23.2 Å². The molecule has 0 saturated heterocycles. The number of fused-ring (bicyclic) bond motifs is 1. The second-order valence-corrected chi connectivity index (χ2v) is 9.85. The zero-order chi connectivity index (χ0) is 21.6. The van der Waals surface area contributed by atoms with Crippen molar-refractivity contribution in [3.05, 3.63) is 17.7 Å². The van der Waals surface area contributed by atoms with Crippen molar-refractivity contribution in [1.82, 2.24) is 5.32 Å². The molecular weight excluding hydrogens is 398 g/mol. The SMILES string of the molecule is COc1cc(C(=O)OCC(=O)N[C@H](C)C23CC4CC(CC(C4)C2)C3)cc2c1OCCO2. The first-order valence-corrected chi connectivity index (χ1v) is 11.4. The molecular formula is C24H31NO6. The first-order chi connectivity index (χ1) is 15.0. The zero-order valence-corrected chi connectivity index (χ0v) is 18.3. The standard InChI is InChI=1S/C24H31NO6/c1-14(24-10-15-5-16(11-24)7-17(6-15)12-24)25-21(26)13-31-23(27)18-8-19(28-2)22-20(9-18)29-3-4-30-22/h8-9,14-17H,3-7,10-13H2,1-2H3,(H,25,26)/t14-,15?,16?,17?,24?/m1/s1. The van der Waals surface area contributed by atoms with E-state index < -0.39 is 5.97 Å². The third kappa shape index (κ3) is 3.83. The third-order valence-electron chi connectivity index (χ3n) is 7.78.